The molecule has 1 aromatic carbocycles. The van der Waals surface area contributed by atoms with Crippen LogP contribution in [0.2, 0.25) is 0 Å². The summed E-state index contributed by atoms with van der Waals surface area (Å²) in [6.45, 7) is 5.54. The van der Waals surface area contributed by atoms with Crippen LogP contribution in [-0.4, -0.2) is 34.0 Å². The van der Waals surface area contributed by atoms with Gasteiger partial charge in [-0.05, 0) is 26.0 Å². The first-order valence-electron chi connectivity index (χ1n) is 6.64. The second kappa shape index (κ2) is 6.29. The Balaban J connectivity index is 2.21. The van der Waals surface area contributed by atoms with Gasteiger partial charge in [0.2, 0.25) is 0 Å². The van der Waals surface area contributed by atoms with Gasteiger partial charge in [-0.2, -0.15) is 0 Å². The Bertz CT molecular complexity index is 576. The number of rotatable bonds is 5. The number of anilines is 1. The maximum atomic E-state index is 12.5. The molecule has 0 aliphatic carbocycles. The van der Waals surface area contributed by atoms with Gasteiger partial charge in [-0.15, -0.1) is 5.10 Å². The number of aryl methyl sites for hydroxylation is 1. The molecule has 2 rings (SSSR count). The monoisotopic (exact) mass is 273 g/mol. The van der Waals surface area contributed by atoms with Crippen molar-refractivity contribution in [2.45, 2.75) is 20.4 Å². The summed E-state index contributed by atoms with van der Waals surface area (Å²) in [6, 6.07) is 7.83. The minimum Gasteiger partial charge on any atom is -0.329 e. The van der Waals surface area contributed by atoms with E-state index >= 15 is 0 Å². The summed E-state index contributed by atoms with van der Waals surface area (Å²) in [5.41, 5.74) is 7.80. The van der Waals surface area contributed by atoms with Crippen LogP contribution >= 0.6 is 0 Å². The lowest BCUT2D eigenvalue weighted by Gasteiger charge is -2.19. The molecule has 1 amide bonds. The molecule has 0 aliphatic rings. The van der Waals surface area contributed by atoms with Crippen molar-refractivity contribution >= 4 is 11.6 Å². The highest BCUT2D eigenvalue weighted by molar-refractivity contribution is 6.04. The Morgan fingerprint density at radius 3 is 2.65 bits per heavy atom. The molecule has 1 aromatic heterocycles. The van der Waals surface area contributed by atoms with Crippen molar-refractivity contribution in [1.29, 1.82) is 0 Å². The Hall–Kier alpha value is -2.21. The highest BCUT2D eigenvalue weighted by atomic mass is 16.2. The van der Waals surface area contributed by atoms with Gasteiger partial charge in [0.1, 0.15) is 0 Å². The van der Waals surface area contributed by atoms with Crippen LogP contribution in [0.25, 0.3) is 0 Å². The van der Waals surface area contributed by atoms with E-state index < -0.39 is 0 Å². The first-order valence-corrected chi connectivity index (χ1v) is 6.64. The predicted octanol–water partition coefficient (Wildman–Crippen LogP) is 1.21. The van der Waals surface area contributed by atoms with Gasteiger partial charge in [-0.1, -0.05) is 22.9 Å². The molecule has 0 saturated heterocycles. The molecular formula is C14H19N5O. The Labute approximate surface area is 118 Å². The number of carbonyl (C=O) groups excluding carboxylic acids is 1. The van der Waals surface area contributed by atoms with Crippen LogP contribution in [0, 0.1) is 6.92 Å². The third-order valence-electron chi connectivity index (χ3n) is 3.02. The van der Waals surface area contributed by atoms with E-state index in [9.17, 15) is 4.79 Å². The Kier molecular flexibility index (Phi) is 4.47. The molecule has 0 bridgehead atoms. The van der Waals surface area contributed by atoms with Gasteiger partial charge in [-0.25, -0.2) is 0 Å². The zero-order valence-corrected chi connectivity index (χ0v) is 11.8. The number of benzene rings is 1. The summed E-state index contributed by atoms with van der Waals surface area (Å²) in [5, 5.41) is 7.80. The van der Waals surface area contributed by atoms with E-state index in [2.05, 4.69) is 10.3 Å². The van der Waals surface area contributed by atoms with Gasteiger partial charge in [0, 0.05) is 18.8 Å². The van der Waals surface area contributed by atoms with Crippen LogP contribution < -0.4 is 10.6 Å². The minimum atomic E-state index is -0.153. The van der Waals surface area contributed by atoms with Crippen molar-refractivity contribution in [3.63, 3.8) is 0 Å². The number of carbonyl (C=O) groups is 1. The number of hydrogen-bond donors (Lipinski definition) is 1. The average Bonchev–Trinajstić information content (AvgIpc) is 2.90. The molecule has 2 aromatic rings. The largest absolute Gasteiger partial charge is 0.329 e. The van der Waals surface area contributed by atoms with Crippen LogP contribution in [0.5, 0.6) is 0 Å². The number of nitrogens with zero attached hydrogens (tertiary/aromatic N) is 4. The third kappa shape index (κ3) is 3.03. The quantitative estimate of drug-likeness (QED) is 0.888. The highest BCUT2D eigenvalue weighted by Crippen LogP contribution is 2.17. The summed E-state index contributed by atoms with van der Waals surface area (Å²) >= 11 is 0. The molecule has 0 aliphatic heterocycles. The average molecular weight is 273 g/mol. The van der Waals surface area contributed by atoms with Crippen LogP contribution in [0.4, 0.5) is 5.69 Å². The highest BCUT2D eigenvalue weighted by Gasteiger charge is 2.19. The zero-order valence-electron chi connectivity index (χ0n) is 11.8. The van der Waals surface area contributed by atoms with Crippen molar-refractivity contribution in [3.05, 3.63) is 41.7 Å². The van der Waals surface area contributed by atoms with Crippen LogP contribution in [0.15, 0.2) is 30.5 Å². The predicted molar refractivity (Wildman–Crippen MR) is 77.6 cm³/mol. The van der Waals surface area contributed by atoms with E-state index in [0.717, 1.165) is 11.3 Å². The molecule has 1 heterocycles. The molecule has 6 heteroatoms. The molecule has 0 spiro atoms. The molecule has 0 fully saturated rings. The summed E-state index contributed by atoms with van der Waals surface area (Å²) in [6.07, 6.45) is 1.63. The molecular weight excluding hydrogens is 254 g/mol. The lowest BCUT2D eigenvalue weighted by Crippen LogP contribution is -2.30. The van der Waals surface area contributed by atoms with Gasteiger partial charge in [0.15, 0.2) is 5.69 Å². The maximum Gasteiger partial charge on any atom is 0.280 e. The molecule has 0 atom stereocenters. The summed E-state index contributed by atoms with van der Waals surface area (Å²) in [7, 11) is 0. The third-order valence-corrected chi connectivity index (χ3v) is 3.02. The van der Waals surface area contributed by atoms with Gasteiger partial charge < -0.3 is 10.6 Å². The van der Waals surface area contributed by atoms with Crippen molar-refractivity contribution in [1.82, 2.24) is 15.0 Å². The van der Waals surface area contributed by atoms with Crippen LogP contribution in [0.3, 0.4) is 0 Å². The lowest BCUT2D eigenvalue weighted by molar-refractivity contribution is 0.0983. The van der Waals surface area contributed by atoms with Gasteiger partial charge >= 0.3 is 0 Å². The molecule has 0 saturated carbocycles. The van der Waals surface area contributed by atoms with Gasteiger partial charge in [0.05, 0.1) is 12.7 Å². The van der Waals surface area contributed by atoms with Crippen LogP contribution in [-0.2, 0) is 6.54 Å². The van der Waals surface area contributed by atoms with Gasteiger partial charge in [-0.3, -0.25) is 9.48 Å². The summed E-state index contributed by atoms with van der Waals surface area (Å²) in [4.78, 5) is 14.1. The molecule has 20 heavy (non-hydrogen) atoms. The lowest BCUT2D eigenvalue weighted by atomic mass is 10.2. The second-order valence-electron chi connectivity index (χ2n) is 4.54. The number of nitrogens with two attached hydrogens (primary N) is 1. The standard InChI is InChI=1S/C14H19N5O/c1-3-19(12-6-4-11(2)5-7-12)14(20)13-10-18(9-8-15)17-16-13/h4-7,10H,3,8-9,15H2,1-2H3. The van der Waals surface area contributed by atoms with E-state index in [0.29, 0.717) is 25.3 Å². The van der Waals surface area contributed by atoms with Crippen molar-refractivity contribution in [2.24, 2.45) is 5.73 Å². The molecule has 2 N–H and O–H groups in total. The summed E-state index contributed by atoms with van der Waals surface area (Å²) in [5.74, 6) is -0.153. The molecule has 6 nitrogen and oxygen atoms in total. The van der Waals surface area contributed by atoms with E-state index in [1.807, 2.05) is 38.1 Å². The van der Waals surface area contributed by atoms with Gasteiger partial charge in [0.25, 0.3) is 5.91 Å². The normalized spacial score (nSPS) is 10.6. The van der Waals surface area contributed by atoms with Crippen molar-refractivity contribution in [2.75, 3.05) is 18.0 Å². The van der Waals surface area contributed by atoms with E-state index in [4.69, 9.17) is 5.73 Å². The minimum absolute atomic E-state index is 0.153. The fourth-order valence-electron chi connectivity index (χ4n) is 1.94. The van der Waals surface area contributed by atoms with E-state index in [-0.39, 0.29) is 5.91 Å². The first kappa shape index (κ1) is 14.2. The Morgan fingerprint density at radius 2 is 2.05 bits per heavy atom. The second-order valence-corrected chi connectivity index (χ2v) is 4.54. The van der Waals surface area contributed by atoms with Crippen molar-refractivity contribution < 1.29 is 4.79 Å². The smallest absolute Gasteiger partial charge is 0.280 e. The van der Waals surface area contributed by atoms with E-state index in [1.54, 1.807) is 15.8 Å². The number of aromatic nitrogens is 3. The maximum absolute atomic E-state index is 12.5. The van der Waals surface area contributed by atoms with Crippen molar-refractivity contribution in [3.8, 4) is 0 Å². The SMILES string of the molecule is CCN(C(=O)c1cn(CCN)nn1)c1ccc(C)cc1. The zero-order chi connectivity index (χ0) is 14.5. The number of hydrogen-bond acceptors (Lipinski definition) is 4. The topological polar surface area (TPSA) is 77.0 Å². The van der Waals surface area contributed by atoms with Crippen LogP contribution in [0.1, 0.15) is 23.0 Å². The fourth-order valence-corrected chi connectivity index (χ4v) is 1.94. The molecule has 0 unspecified atom stereocenters. The fraction of sp³-hybridized carbons (Fsp3) is 0.357. The summed E-state index contributed by atoms with van der Waals surface area (Å²) < 4.78 is 1.58. The molecule has 0 radical (unpaired) electrons. The number of amides is 1. The first-order chi connectivity index (χ1) is 9.65. The Morgan fingerprint density at radius 1 is 1.35 bits per heavy atom. The molecule has 106 valence electrons. The van der Waals surface area contributed by atoms with E-state index in [1.165, 1.54) is 0 Å².